The molecule has 0 aromatic rings. The van der Waals surface area contributed by atoms with Crippen LogP contribution in [0.5, 0.6) is 0 Å². The van der Waals surface area contributed by atoms with Crippen LogP contribution in [0, 0.1) is 0 Å². The number of unbranched alkanes of at least 4 members (excludes halogenated alkanes) is 28. The lowest BCUT2D eigenvalue weighted by Crippen LogP contribution is -2.43. The predicted octanol–water partition coefficient (Wildman–Crippen LogP) is 13.7. The van der Waals surface area contributed by atoms with Crippen LogP contribution in [0.2, 0.25) is 0 Å². The van der Waals surface area contributed by atoms with Crippen LogP contribution in [0.15, 0.2) is 24.3 Å². The Morgan fingerprint density at radius 2 is 0.833 bits per heavy atom. The normalized spacial score (nSPS) is 12.4. The van der Waals surface area contributed by atoms with Gasteiger partial charge in [0, 0.05) is 13.0 Å². The van der Waals surface area contributed by atoms with Gasteiger partial charge in [-0.15, -0.1) is 0 Å². The molecule has 0 aliphatic carbocycles. The van der Waals surface area contributed by atoms with Crippen molar-refractivity contribution in [3.63, 3.8) is 0 Å². The molecule has 0 radical (unpaired) electrons. The lowest BCUT2D eigenvalue weighted by atomic mass is 10.0. The van der Waals surface area contributed by atoms with Crippen molar-refractivity contribution in [2.75, 3.05) is 13.2 Å². The molecule has 1 N–H and O–H groups in total. The molecule has 0 aliphatic heterocycles. The van der Waals surface area contributed by atoms with Crippen LogP contribution in [-0.2, 0) is 14.3 Å². The van der Waals surface area contributed by atoms with Gasteiger partial charge in [-0.05, 0) is 57.9 Å². The Labute approximate surface area is 300 Å². The van der Waals surface area contributed by atoms with Crippen molar-refractivity contribution in [3.8, 4) is 0 Å². The molecule has 1 amide bonds. The third-order valence-corrected chi connectivity index (χ3v) is 9.59. The molecule has 1 unspecified atom stereocenters. The van der Waals surface area contributed by atoms with Gasteiger partial charge < -0.3 is 10.1 Å². The van der Waals surface area contributed by atoms with Crippen LogP contribution in [0.1, 0.15) is 226 Å². The fourth-order valence-corrected chi connectivity index (χ4v) is 6.36. The molecular formula is C44H83NO3. The molecule has 1 atom stereocenters. The Morgan fingerprint density at radius 3 is 1.23 bits per heavy atom. The van der Waals surface area contributed by atoms with E-state index in [1.54, 1.807) is 6.08 Å². The van der Waals surface area contributed by atoms with Crippen LogP contribution in [-0.4, -0.2) is 30.9 Å². The van der Waals surface area contributed by atoms with E-state index >= 15 is 0 Å². The van der Waals surface area contributed by atoms with Crippen LogP contribution in [0.4, 0.5) is 0 Å². The Bertz CT molecular complexity index is 731. The second-order valence-corrected chi connectivity index (χ2v) is 14.4. The van der Waals surface area contributed by atoms with Crippen molar-refractivity contribution >= 4 is 11.7 Å². The summed E-state index contributed by atoms with van der Waals surface area (Å²) in [6.45, 7) is 7.26. The van der Waals surface area contributed by atoms with Crippen molar-refractivity contribution in [2.24, 2.45) is 0 Å². The molecule has 4 nitrogen and oxygen atoms in total. The zero-order valence-corrected chi connectivity index (χ0v) is 32.7. The number of ketones is 1. The maximum absolute atomic E-state index is 12.8. The standard InChI is InChI=1S/C44H83NO3/c1-4-7-9-11-13-15-17-19-20-21-22-23-24-25-26-28-30-32-34-36-38-40-44(47)45-42(41-48-6-3)43(46)39-37-35-33-31-29-27-18-16-14-12-10-8-5-2/h19-20,37,39,42H,4-18,21-36,38,40-41H2,1-3H3,(H,45,47)/b20-19-,39-37+. The van der Waals surface area contributed by atoms with Crippen LogP contribution >= 0.6 is 0 Å². The Morgan fingerprint density at radius 1 is 0.479 bits per heavy atom. The average molecular weight is 674 g/mol. The summed E-state index contributed by atoms with van der Waals surface area (Å²) in [5.74, 6) is -0.0735. The van der Waals surface area contributed by atoms with Gasteiger partial charge in [-0.25, -0.2) is 0 Å². The Hall–Kier alpha value is -1.42. The summed E-state index contributed by atoms with van der Waals surface area (Å²) in [6, 6.07) is -0.572. The van der Waals surface area contributed by atoms with Gasteiger partial charge >= 0.3 is 0 Å². The molecule has 4 heteroatoms. The maximum Gasteiger partial charge on any atom is 0.220 e. The maximum atomic E-state index is 12.8. The van der Waals surface area contributed by atoms with Crippen molar-refractivity contribution in [2.45, 2.75) is 232 Å². The van der Waals surface area contributed by atoms with Crippen LogP contribution in [0.3, 0.4) is 0 Å². The highest BCUT2D eigenvalue weighted by molar-refractivity contribution is 5.96. The van der Waals surface area contributed by atoms with Crippen LogP contribution in [0.25, 0.3) is 0 Å². The van der Waals surface area contributed by atoms with E-state index in [2.05, 4.69) is 31.3 Å². The summed E-state index contributed by atoms with van der Waals surface area (Å²) in [4.78, 5) is 25.3. The van der Waals surface area contributed by atoms with Gasteiger partial charge in [0.25, 0.3) is 0 Å². The molecule has 282 valence electrons. The lowest BCUT2D eigenvalue weighted by molar-refractivity contribution is -0.127. The molecule has 0 aliphatic rings. The highest BCUT2D eigenvalue weighted by atomic mass is 16.5. The van der Waals surface area contributed by atoms with Crippen molar-refractivity contribution in [1.82, 2.24) is 5.32 Å². The van der Waals surface area contributed by atoms with Gasteiger partial charge in [-0.3, -0.25) is 9.59 Å². The van der Waals surface area contributed by atoms with Gasteiger partial charge in [-0.1, -0.05) is 186 Å². The second kappa shape index (κ2) is 40.0. The monoisotopic (exact) mass is 674 g/mol. The molecule has 0 spiro atoms. The largest absolute Gasteiger partial charge is 0.379 e. The molecule has 0 saturated carbocycles. The zero-order chi connectivity index (χ0) is 35.0. The molecule has 0 bridgehead atoms. The van der Waals surface area contributed by atoms with E-state index in [-0.39, 0.29) is 18.3 Å². The molecule has 0 heterocycles. The molecule has 0 fully saturated rings. The zero-order valence-electron chi connectivity index (χ0n) is 32.7. The lowest BCUT2D eigenvalue weighted by Gasteiger charge is -2.16. The SMILES string of the molecule is CCCCCCCC/C=C\CCCCCCCCCCCCCC(=O)NC(COCC)C(=O)/C=C/CCCCCCCCCCCCC. The van der Waals surface area contributed by atoms with E-state index in [0.717, 1.165) is 25.7 Å². The minimum atomic E-state index is -0.572. The molecular weight excluding hydrogens is 590 g/mol. The van der Waals surface area contributed by atoms with E-state index in [9.17, 15) is 9.59 Å². The van der Waals surface area contributed by atoms with Gasteiger partial charge in [0.2, 0.25) is 5.91 Å². The second-order valence-electron chi connectivity index (χ2n) is 14.4. The minimum Gasteiger partial charge on any atom is -0.379 e. The van der Waals surface area contributed by atoms with E-state index < -0.39 is 6.04 Å². The summed E-state index contributed by atoms with van der Waals surface area (Å²) in [7, 11) is 0. The van der Waals surface area contributed by atoms with Crippen molar-refractivity contribution in [1.29, 1.82) is 0 Å². The number of nitrogens with one attached hydrogen (secondary N) is 1. The number of hydrogen-bond acceptors (Lipinski definition) is 3. The van der Waals surface area contributed by atoms with E-state index in [1.165, 1.54) is 173 Å². The van der Waals surface area contributed by atoms with Gasteiger partial charge in [-0.2, -0.15) is 0 Å². The quantitative estimate of drug-likeness (QED) is 0.0401. The van der Waals surface area contributed by atoms with Gasteiger partial charge in [0.05, 0.1) is 6.61 Å². The van der Waals surface area contributed by atoms with E-state index in [4.69, 9.17) is 4.74 Å². The van der Waals surface area contributed by atoms with Gasteiger partial charge in [0.15, 0.2) is 5.78 Å². The number of amides is 1. The number of hydrogen-bond donors (Lipinski definition) is 1. The number of ether oxygens (including phenoxy) is 1. The first-order valence-electron chi connectivity index (χ1n) is 21.4. The van der Waals surface area contributed by atoms with Crippen molar-refractivity contribution < 1.29 is 14.3 Å². The third kappa shape index (κ3) is 35.9. The summed E-state index contributed by atoms with van der Waals surface area (Å²) in [6.07, 6.45) is 49.3. The van der Waals surface area contributed by atoms with Crippen LogP contribution < -0.4 is 5.32 Å². The third-order valence-electron chi connectivity index (χ3n) is 9.59. The molecule has 0 rings (SSSR count). The first-order valence-corrected chi connectivity index (χ1v) is 21.4. The van der Waals surface area contributed by atoms with Gasteiger partial charge in [0.1, 0.15) is 6.04 Å². The average Bonchev–Trinajstić information content (AvgIpc) is 3.09. The first-order chi connectivity index (χ1) is 23.7. The summed E-state index contributed by atoms with van der Waals surface area (Å²) >= 11 is 0. The Balaban J connectivity index is 3.73. The predicted molar refractivity (Wildman–Crippen MR) is 211 cm³/mol. The topological polar surface area (TPSA) is 55.4 Å². The smallest absolute Gasteiger partial charge is 0.220 e. The molecule has 0 aromatic heterocycles. The van der Waals surface area contributed by atoms with E-state index in [0.29, 0.717) is 13.0 Å². The Kier molecular flexibility index (Phi) is 38.8. The molecule has 0 aromatic carbocycles. The summed E-state index contributed by atoms with van der Waals surface area (Å²) in [5, 5.41) is 2.94. The fourth-order valence-electron chi connectivity index (χ4n) is 6.36. The van der Waals surface area contributed by atoms with E-state index in [1.807, 2.05) is 13.0 Å². The number of rotatable bonds is 39. The highest BCUT2D eigenvalue weighted by Crippen LogP contribution is 2.14. The first kappa shape index (κ1) is 46.6. The molecule has 48 heavy (non-hydrogen) atoms. The van der Waals surface area contributed by atoms with Crippen molar-refractivity contribution in [3.05, 3.63) is 24.3 Å². The molecule has 0 saturated heterocycles. The number of allylic oxidation sites excluding steroid dienone is 3. The number of carbonyl (C=O) groups is 2. The highest BCUT2D eigenvalue weighted by Gasteiger charge is 2.18. The summed E-state index contributed by atoms with van der Waals surface area (Å²) in [5.41, 5.74) is 0. The summed E-state index contributed by atoms with van der Waals surface area (Å²) < 4.78 is 5.51. The minimum absolute atomic E-state index is 0.0277. The fraction of sp³-hybridized carbons (Fsp3) is 0.864. The number of carbonyl (C=O) groups excluding carboxylic acids is 2.